The number of nitrogens with two attached hydrogens (primary N) is 1. The molecule has 0 bridgehead atoms. The number of aliphatic imine (C=N–C) groups is 1. The molecule has 0 aliphatic carbocycles. The predicted molar refractivity (Wildman–Crippen MR) is 113 cm³/mol. The largest absolute Gasteiger partial charge is 0.497 e. The van der Waals surface area contributed by atoms with E-state index in [1.165, 1.54) is 5.69 Å². The number of anilines is 2. The molecule has 1 atom stereocenters. The summed E-state index contributed by atoms with van der Waals surface area (Å²) in [5.41, 5.74) is 8.00. The average Bonchev–Trinajstić information content (AvgIpc) is 3.21. The van der Waals surface area contributed by atoms with Gasteiger partial charge in [0.05, 0.1) is 27.0 Å². The van der Waals surface area contributed by atoms with Crippen LogP contribution in [0.4, 0.5) is 11.4 Å². The summed E-state index contributed by atoms with van der Waals surface area (Å²) >= 11 is 0. The van der Waals surface area contributed by atoms with Crippen molar-refractivity contribution in [1.29, 1.82) is 0 Å². The summed E-state index contributed by atoms with van der Waals surface area (Å²) in [6.07, 6.45) is 1.08. The van der Waals surface area contributed by atoms with Crippen molar-refractivity contribution in [3.05, 3.63) is 42.5 Å². The molecule has 1 aliphatic heterocycles. The molecule has 2 aromatic rings. The molecule has 150 valence electrons. The zero-order valence-electron chi connectivity index (χ0n) is 16.6. The standard InChI is InChI=1S/C21H28N4O3/c1-26-17-6-4-5-16(11-17)25-10-9-15(14-25)13-23-21(22)24-19-12-18(27-2)7-8-20(19)28-3/h4-8,11-12,15H,9-10,13-14H2,1-3H3,(H3,22,23,24). The number of benzene rings is 2. The lowest BCUT2D eigenvalue weighted by atomic mass is 10.1. The van der Waals surface area contributed by atoms with Crippen molar-refractivity contribution in [3.8, 4) is 17.2 Å². The van der Waals surface area contributed by atoms with E-state index in [-0.39, 0.29) is 0 Å². The Morgan fingerprint density at radius 1 is 1.11 bits per heavy atom. The summed E-state index contributed by atoms with van der Waals surface area (Å²) in [4.78, 5) is 6.89. The Bertz CT molecular complexity index is 825. The van der Waals surface area contributed by atoms with Crippen LogP contribution in [0.1, 0.15) is 6.42 Å². The van der Waals surface area contributed by atoms with Crippen LogP contribution in [0.25, 0.3) is 0 Å². The number of nitrogens with one attached hydrogen (secondary N) is 1. The minimum atomic E-state index is 0.367. The first-order chi connectivity index (χ1) is 13.6. The van der Waals surface area contributed by atoms with Gasteiger partial charge >= 0.3 is 0 Å². The normalized spacial score (nSPS) is 16.8. The van der Waals surface area contributed by atoms with Crippen molar-refractivity contribution in [2.75, 3.05) is 51.2 Å². The molecule has 7 heteroatoms. The lowest BCUT2D eigenvalue weighted by Gasteiger charge is -2.19. The molecule has 1 fully saturated rings. The molecule has 1 saturated heterocycles. The highest BCUT2D eigenvalue weighted by atomic mass is 16.5. The van der Waals surface area contributed by atoms with Gasteiger partial charge in [0.2, 0.25) is 0 Å². The number of methoxy groups -OCH3 is 3. The van der Waals surface area contributed by atoms with Gasteiger partial charge in [-0.2, -0.15) is 0 Å². The van der Waals surface area contributed by atoms with E-state index < -0.39 is 0 Å². The Balaban J connectivity index is 1.58. The summed E-state index contributed by atoms with van der Waals surface area (Å²) in [6, 6.07) is 13.7. The van der Waals surface area contributed by atoms with E-state index in [2.05, 4.69) is 27.3 Å². The number of rotatable bonds is 7. The van der Waals surface area contributed by atoms with Crippen LogP contribution in [0.15, 0.2) is 47.5 Å². The Hall–Kier alpha value is -3.09. The van der Waals surface area contributed by atoms with Crippen molar-refractivity contribution in [2.45, 2.75) is 6.42 Å². The first-order valence-corrected chi connectivity index (χ1v) is 9.31. The number of nitrogens with zero attached hydrogens (tertiary/aromatic N) is 2. The second kappa shape index (κ2) is 9.21. The smallest absolute Gasteiger partial charge is 0.193 e. The zero-order chi connectivity index (χ0) is 19.9. The molecule has 1 aliphatic rings. The molecule has 2 aromatic carbocycles. The van der Waals surface area contributed by atoms with Crippen LogP contribution in [0.5, 0.6) is 17.2 Å². The van der Waals surface area contributed by atoms with E-state index in [1.807, 2.05) is 30.3 Å². The van der Waals surface area contributed by atoms with Gasteiger partial charge < -0.3 is 30.2 Å². The lowest BCUT2D eigenvalue weighted by Crippen LogP contribution is -2.25. The molecule has 0 saturated carbocycles. The quantitative estimate of drug-likeness (QED) is 0.564. The van der Waals surface area contributed by atoms with E-state index >= 15 is 0 Å². The maximum atomic E-state index is 6.09. The molecule has 1 unspecified atom stereocenters. The van der Waals surface area contributed by atoms with Crippen LogP contribution in [-0.4, -0.2) is 46.9 Å². The van der Waals surface area contributed by atoms with Crippen molar-refractivity contribution < 1.29 is 14.2 Å². The second-order valence-corrected chi connectivity index (χ2v) is 6.72. The fraction of sp³-hybridized carbons (Fsp3) is 0.381. The zero-order valence-corrected chi connectivity index (χ0v) is 16.6. The van der Waals surface area contributed by atoms with Gasteiger partial charge in [-0.25, -0.2) is 0 Å². The highest BCUT2D eigenvalue weighted by Gasteiger charge is 2.22. The van der Waals surface area contributed by atoms with Crippen molar-refractivity contribution in [1.82, 2.24) is 0 Å². The predicted octanol–water partition coefficient (Wildman–Crippen LogP) is 2.97. The van der Waals surface area contributed by atoms with Crippen LogP contribution >= 0.6 is 0 Å². The molecule has 7 nitrogen and oxygen atoms in total. The van der Waals surface area contributed by atoms with E-state index in [1.54, 1.807) is 21.3 Å². The van der Waals surface area contributed by atoms with Crippen molar-refractivity contribution in [3.63, 3.8) is 0 Å². The van der Waals surface area contributed by atoms with Crippen LogP contribution in [-0.2, 0) is 0 Å². The minimum absolute atomic E-state index is 0.367. The number of hydrogen-bond acceptors (Lipinski definition) is 5. The van der Waals surface area contributed by atoms with E-state index in [4.69, 9.17) is 19.9 Å². The molecule has 1 heterocycles. The topological polar surface area (TPSA) is 81.3 Å². The summed E-state index contributed by atoms with van der Waals surface area (Å²) in [5.74, 6) is 3.11. The fourth-order valence-electron chi connectivity index (χ4n) is 3.34. The summed E-state index contributed by atoms with van der Waals surface area (Å²) in [6.45, 7) is 2.63. The average molecular weight is 384 g/mol. The summed E-state index contributed by atoms with van der Waals surface area (Å²) < 4.78 is 15.9. The monoisotopic (exact) mass is 384 g/mol. The molecule has 0 radical (unpaired) electrons. The first kappa shape index (κ1) is 19.7. The maximum absolute atomic E-state index is 6.09. The van der Waals surface area contributed by atoms with Crippen LogP contribution in [0, 0.1) is 5.92 Å². The second-order valence-electron chi connectivity index (χ2n) is 6.72. The van der Waals surface area contributed by atoms with Gasteiger partial charge in [-0.1, -0.05) is 6.07 Å². The Labute approximate surface area is 166 Å². The van der Waals surface area contributed by atoms with Gasteiger partial charge in [-0.15, -0.1) is 0 Å². The Morgan fingerprint density at radius 3 is 2.64 bits per heavy atom. The molecular weight excluding hydrogens is 356 g/mol. The van der Waals surface area contributed by atoms with Crippen molar-refractivity contribution in [2.24, 2.45) is 16.6 Å². The number of guanidine groups is 1. The first-order valence-electron chi connectivity index (χ1n) is 9.31. The fourth-order valence-corrected chi connectivity index (χ4v) is 3.34. The van der Waals surface area contributed by atoms with Gasteiger partial charge in [0.25, 0.3) is 0 Å². The Kier molecular flexibility index (Phi) is 6.47. The molecule has 28 heavy (non-hydrogen) atoms. The third-order valence-corrected chi connectivity index (χ3v) is 4.89. The third-order valence-electron chi connectivity index (χ3n) is 4.89. The lowest BCUT2D eigenvalue weighted by molar-refractivity contribution is 0.405. The highest BCUT2D eigenvalue weighted by molar-refractivity contribution is 5.94. The van der Waals surface area contributed by atoms with Gasteiger partial charge in [0.15, 0.2) is 5.96 Å². The summed E-state index contributed by atoms with van der Waals surface area (Å²) in [5, 5.41) is 3.11. The third kappa shape index (κ3) is 4.79. The number of hydrogen-bond donors (Lipinski definition) is 2. The van der Waals surface area contributed by atoms with Gasteiger partial charge in [-0.3, -0.25) is 4.99 Å². The van der Waals surface area contributed by atoms with Crippen molar-refractivity contribution >= 4 is 17.3 Å². The van der Waals surface area contributed by atoms with E-state index in [9.17, 15) is 0 Å². The maximum Gasteiger partial charge on any atom is 0.193 e. The van der Waals surface area contributed by atoms with Crippen LogP contribution in [0.3, 0.4) is 0 Å². The minimum Gasteiger partial charge on any atom is -0.497 e. The van der Waals surface area contributed by atoms with Gasteiger partial charge in [0.1, 0.15) is 17.2 Å². The van der Waals surface area contributed by atoms with E-state index in [0.717, 1.165) is 36.7 Å². The molecular formula is C21H28N4O3. The molecule has 0 aromatic heterocycles. The Morgan fingerprint density at radius 2 is 1.89 bits per heavy atom. The molecule has 0 spiro atoms. The molecule has 0 amide bonds. The van der Waals surface area contributed by atoms with Gasteiger partial charge in [0, 0.05) is 37.5 Å². The van der Waals surface area contributed by atoms with Gasteiger partial charge in [-0.05, 0) is 36.6 Å². The molecule has 3 rings (SSSR count). The SMILES string of the molecule is COc1cccc(N2CCC(CN=C(N)Nc3cc(OC)ccc3OC)C2)c1. The number of ether oxygens (including phenoxy) is 3. The molecule has 3 N–H and O–H groups in total. The highest BCUT2D eigenvalue weighted by Crippen LogP contribution is 2.29. The van der Waals surface area contributed by atoms with Crippen LogP contribution in [0.2, 0.25) is 0 Å². The van der Waals surface area contributed by atoms with E-state index in [0.29, 0.717) is 24.2 Å². The van der Waals surface area contributed by atoms with Crippen LogP contribution < -0.4 is 30.2 Å². The summed E-state index contributed by atoms with van der Waals surface area (Å²) in [7, 11) is 4.93.